The van der Waals surface area contributed by atoms with E-state index in [1.807, 2.05) is 0 Å². The largest absolute Gasteiger partial charge is 0.385 e. The van der Waals surface area contributed by atoms with Crippen LogP contribution in [0.3, 0.4) is 0 Å². The molecule has 3 rings (SSSR count). The molecule has 120 valence electrons. The van der Waals surface area contributed by atoms with E-state index in [0.717, 1.165) is 38.6 Å². The Morgan fingerprint density at radius 3 is 2.95 bits per heavy atom. The smallest absolute Gasteiger partial charge is 0.226 e. The average Bonchev–Trinajstić information content (AvgIpc) is 2.52. The summed E-state index contributed by atoms with van der Waals surface area (Å²) in [5.74, 6) is 0.209. The van der Waals surface area contributed by atoms with E-state index in [9.17, 15) is 4.79 Å². The number of carbonyl (C=O) groups is 1. The van der Waals surface area contributed by atoms with E-state index in [0.29, 0.717) is 13.2 Å². The number of hydrogen-bond donors (Lipinski definition) is 2. The van der Waals surface area contributed by atoms with Crippen molar-refractivity contribution >= 4 is 5.91 Å². The molecule has 2 N–H and O–H groups in total. The van der Waals surface area contributed by atoms with Crippen LogP contribution in [-0.2, 0) is 16.0 Å². The first-order chi connectivity index (χ1) is 10.7. The molecule has 4 nitrogen and oxygen atoms in total. The van der Waals surface area contributed by atoms with Crippen LogP contribution in [0, 0.1) is 5.41 Å². The molecular weight excluding hydrogens is 276 g/mol. The molecule has 1 unspecified atom stereocenters. The number of nitrogens with one attached hydrogen (secondary N) is 2. The molecule has 1 aliphatic heterocycles. The summed E-state index contributed by atoms with van der Waals surface area (Å²) in [4.78, 5) is 12.6. The highest BCUT2D eigenvalue weighted by Gasteiger charge is 2.43. The average molecular weight is 302 g/mol. The molecule has 0 saturated heterocycles. The monoisotopic (exact) mass is 302 g/mol. The first-order valence-corrected chi connectivity index (χ1v) is 8.34. The van der Waals surface area contributed by atoms with Gasteiger partial charge in [0, 0.05) is 26.3 Å². The van der Waals surface area contributed by atoms with Crippen molar-refractivity contribution in [3.63, 3.8) is 0 Å². The number of benzene rings is 1. The molecule has 1 atom stereocenters. The third kappa shape index (κ3) is 3.03. The lowest BCUT2D eigenvalue weighted by molar-refractivity contribution is -0.137. The molecule has 2 aliphatic rings. The van der Waals surface area contributed by atoms with Gasteiger partial charge in [0.05, 0.1) is 5.41 Å². The third-order valence-electron chi connectivity index (χ3n) is 5.26. The summed E-state index contributed by atoms with van der Waals surface area (Å²) in [7, 11) is 1.70. The Hall–Kier alpha value is -1.39. The maximum atomic E-state index is 12.6. The fourth-order valence-electron chi connectivity index (χ4n) is 3.65. The second-order valence-electron chi connectivity index (χ2n) is 6.54. The number of hydrogen-bond acceptors (Lipinski definition) is 3. The number of carbonyl (C=O) groups excluding carboxylic acids is 1. The predicted molar refractivity (Wildman–Crippen MR) is 86.7 cm³/mol. The zero-order valence-corrected chi connectivity index (χ0v) is 13.4. The number of methoxy groups -OCH3 is 1. The number of ether oxygens (including phenoxy) is 1. The topological polar surface area (TPSA) is 50.4 Å². The van der Waals surface area contributed by atoms with E-state index in [4.69, 9.17) is 4.74 Å². The van der Waals surface area contributed by atoms with Gasteiger partial charge < -0.3 is 15.4 Å². The summed E-state index contributed by atoms with van der Waals surface area (Å²) in [6.45, 7) is 2.31. The van der Waals surface area contributed by atoms with Crippen LogP contribution in [0.25, 0.3) is 0 Å². The molecule has 0 bridgehead atoms. The quantitative estimate of drug-likeness (QED) is 0.847. The second kappa shape index (κ2) is 6.80. The van der Waals surface area contributed by atoms with Gasteiger partial charge in [-0.15, -0.1) is 0 Å². The lowest BCUT2D eigenvalue weighted by Gasteiger charge is -2.40. The van der Waals surface area contributed by atoms with Crippen LogP contribution in [0.4, 0.5) is 0 Å². The molecule has 1 aromatic rings. The van der Waals surface area contributed by atoms with Crippen molar-refractivity contribution in [2.75, 3.05) is 26.8 Å². The molecule has 1 saturated carbocycles. The zero-order chi connectivity index (χ0) is 15.4. The van der Waals surface area contributed by atoms with Gasteiger partial charge in [-0.25, -0.2) is 0 Å². The van der Waals surface area contributed by atoms with Crippen LogP contribution in [-0.4, -0.2) is 32.7 Å². The standard InChI is InChI=1S/C18H26N2O2/c1-22-12-10-18(8-4-9-18)17(21)20-13-16-15-6-3-2-5-14(15)7-11-19-16/h2-3,5-6,16,19H,4,7-13H2,1H3,(H,20,21). The Bertz CT molecular complexity index is 526. The Kier molecular flexibility index (Phi) is 4.79. The molecule has 1 fully saturated rings. The Morgan fingerprint density at radius 1 is 1.41 bits per heavy atom. The molecule has 1 heterocycles. The first-order valence-electron chi connectivity index (χ1n) is 8.34. The summed E-state index contributed by atoms with van der Waals surface area (Å²) < 4.78 is 5.17. The maximum Gasteiger partial charge on any atom is 0.226 e. The molecule has 1 aromatic carbocycles. The van der Waals surface area contributed by atoms with Crippen molar-refractivity contribution in [1.82, 2.24) is 10.6 Å². The highest BCUT2D eigenvalue weighted by atomic mass is 16.5. The van der Waals surface area contributed by atoms with Gasteiger partial charge in [-0.1, -0.05) is 30.7 Å². The molecule has 4 heteroatoms. The lowest BCUT2D eigenvalue weighted by Crippen LogP contribution is -2.49. The van der Waals surface area contributed by atoms with Gasteiger partial charge in [0.2, 0.25) is 5.91 Å². The molecule has 1 amide bonds. The summed E-state index contributed by atoms with van der Waals surface area (Å²) in [5.41, 5.74) is 2.55. The van der Waals surface area contributed by atoms with Crippen molar-refractivity contribution in [3.8, 4) is 0 Å². The van der Waals surface area contributed by atoms with E-state index in [2.05, 4.69) is 34.9 Å². The van der Waals surface area contributed by atoms with Crippen LogP contribution in [0.15, 0.2) is 24.3 Å². The van der Waals surface area contributed by atoms with Gasteiger partial charge in [-0.3, -0.25) is 4.79 Å². The van der Waals surface area contributed by atoms with Crippen LogP contribution < -0.4 is 10.6 Å². The molecule has 1 aliphatic carbocycles. The van der Waals surface area contributed by atoms with Gasteiger partial charge in [-0.2, -0.15) is 0 Å². The van der Waals surface area contributed by atoms with Gasteiger partial charge in [-0.05, 0) is 43.4 Å². The van der Waals surface area contributed by atoms with Crippen molar-refractivity contribution in [2.45, 2.75) is 38.1 Å². The van der Waals surface area contributed by atoms with Crippen LogP contribution in [0.5, 0.6) is 0 Å². The second-order valence-corrected chi connectivity index (χ2v) is 6.54. The van der Waals surface area contributed by atoms with E-state index < -0.39 is 0 Å². The molecule has 0 aromatic heterocycles. The molecule has 22 heavy (non-hydrogen) atoms. The fraction of sp³-hybridized carbons (Fsp3) is 0.611. The maximum absolute atomic E-state index is 12.6. The summed E-state index contributed by atoms with van der Waals surface area (Å²) in [6, 6.07) is 8.76. The summed E-state index contributed by atoms with van der Waals surface area (Å²) >= 11 is 0. The van der Waals surface area contributed by atoms with E-state index in [1.54, 1.807) is 7.11 Å². The van der Waals surface area contributed by atoms with E-state index in [1.165, 1.54) is 11.1 Å². The Labute approximate surface area is 132 Å². The Morgan fingerprint density at radius 2 is 2.23 bits per heavy atom. The summed E-state index contributed by atoms with van der Waals surface area (Å²) in [5, 5.41) is 6.71. The van der Waals surface area contributed by atoms with Crippen molar-refractivity contribution in [2.24, 2.45) is 5.41 Å². The van der Waals surface area contributed by atoms with E-state index >= 15 is 0 Å². The number of amides is 1. The van der Waals surface area contributed by atoms with Crippen LogP contribution in [0.1, 0.15) is 42.9 Å². The SMILES string of the molecule is COCCC1(C(=O)NCC2NCCc3ccccc32)CCC1. The number of fused-ring (bicyclic) bond motifs is 1. The predicted octanol–water partition coefficient (Wildman–Crippen LogP) is 2.20. The lowest BCUT2D eigenvalue weighted by atomic mass is 9.66. The van der Waals surface area contributed by atoms with E-state index in [-0.39, 0.29) is 17.4 Å². The van der Waals surface area contributed by atoms with Crippen molar-refractivity contribution in [1.29, 1.82) is 0 Å². The molecular formula is C18H26N2O2. The minimum atomic E-state index is -0.176. The third-order valence-corrected chi connectivity index (χ3v) is 5.26. The van der Waals surface area contributed by atoms with Gasteiger partial charge >= 0.3 is 0 Å². The normalized spacial score (nSPS) is 22.5. The van der Waals surface area contributed by atoms with Crippen molar-refractivity contribution < 1.29 is 9.53 Å². The minimum absolute atomic E-state index is 0.176. The van der Waals surface area contributed by atoms with Gasteiger partial charge in [0.1, 0.15) is 0 Å². The number of rotatable bonds is 6. The highest BCUT2D eigenvalue weighted by Crippen LogP contribution is 2.44. The zero-order valence-electron chi connectivity index (χ0n) is 13.4. The van der Waals surface area contributed by atoms with Crippen molar-refractivity contribution in [3.05, 3.63) is 35.4 Å². The van der Waals surface area contributed by atoms with Gasteiger partial charge in [0.15, 0.2) is 0 Å². The fourth-order valence-corrected chi connectivity index (χ4v) is 3.65. The molecule has 0 spiro atoms. The van der Waals surface area contributed by atoms with Gasteiger partial charge in [0.25, 0.3) is 0 Å². The van der Waals surface area contributed by atoms with Crippen LogP contribution >= 0.6 is 0 Å². The summed E-state index contributed by atoms with van der Waals surface area (Å²) in [6.07, 6.45) is 5.05. The highest BCUT2D eigenvalue weighted by molar-refractivity contribution is 5.83. The minimum Gasteiger partial charge on any atom is -0.385 e. The molecule has 0 radical (unpaired) electrons. The first kappa shape index (κ1) is 15.5. The van der Waals surface area contributed by atoms with Crippen LogP contribution in [0.2, 0.25) is 0 Å². The Balaban J connectivity index is 1.60.